The maximum Gasteiger partial charge on any atom is 0.326 e. The number of nitrogens with zero attached hydrogens (tertiary/aromatic N) is 1. The van der Waals surface area contributed by atoms with Crippen molar-refractivity contribution in [2.45, 2.75) is 52.1 Å². The summed E-state index contributed by atoms with van der Waals surface area (Å²) in [6.45, 7) is 5.00. The van der Waals surface area contributed by atoms with E-state index < -0.39 is 41.8 Å². The molecule has 0 aliphatic heterocycles. The van der Waals surface area contributed by atoms with Crippen LogP contribution < -0.4 is 5.73 Å². The molecule has 3 N–H and O–H groups in total. The number of fused-ring (bicyclic) bond motifs is 1. The van der Waals surface area contributed by atoms with Crippen LogP contribution in [-0.4, -0.2) is 53.0 Å². The Hall–Kier alpha value is -3.26. The predicted octanol–water partition coefficient (Wildman–Crippen LogP) is 2.76. The molecule has 0 radical (unpaired) electrons. The Kier molecular flexibility index (Phi) is 9.11. The van der Waals surface area contributed by atoms with Gasteiger partial charge in [0.25, 0.3) is 0 Å². The topological polar surface area (TPSA) is 127 Å². The largest absolute Gasteiger partial charge is 0.480 e. The van der Waals surface area contributed by atoms with Gasteiger partial charge < -0.3 is 15.6 Å². The van der Waals surface area contributed by atoms with E-state index in [1.165, 1.54) is 14.0 Å². The third-order valence-electron chi connectivity index (χ3n) is 5.55. The minimum Gasteiger partial charge on any atom is -0.480 e. The molecule has 8 heteroatoms. The zero-order valence-electron chi connectivity index (χ0n) is 19.5. The lowest BCUT2D eigenvalue weighted by Crippen LogP contribution is -2.55. The molecule has 0 saturated heterocycles. The van der Waals surface area contributed by atoms with E-state index in [0.29, 0.717) is 11.3 Å². The molecule has 1 unspecified atom stereocenters. The minimum atomic E-state index is -1.43. The third kappa shape index (κ3) is 6.86. The molecular formula is C25H32N2O6. The number of carbonyl (C=O) groups excluding carboxylic acids is 3. The van der Waals surface area contributed by atoms with Crippen molar-refractivity contribution in [2.24, 2.45) is 17.6 Å². The molecule has 3 atom stereocenters. The Labute approximate surface area is 193 Å². The zero-order valence-corrected chi connectivity index (χ0v) is 19.5. The maximum absolute atomic E-state index is 13.3. The normalized spacial score (nSPS) is 13.9. The van der Waals surface area contributed by atoms with Crippen LogP contribution in [0.25, 0.3) is 10.8 Å². The van der Waals surface area contributed by atoms with Gasteiger partial charge in [0.1, 0.15) is 6.04 Å². The van der Waals surface area contributed by atoms with Crippen LogP contribution in [0.15, 0.2) is 42.5 Å². The van der Waals surface area contributed by atoms with E-state index in [4.69, 9.17) is 5.73 Å². The van der Waals surface area contributed by atoms with Gasteiger partial charge in [-0.25, -0.2) is 4.79 Å². The average molecular weight is 457 g/mol. The molecule has 0 aromatic heterocycles. The number of hydrogen-bond donors (Lipinski definition) is 2. The van der Waals surface area contributed by atoms with Crippen LogP contribution in [0.5, 0.6) is 0 Å². The summed E-state index contributed by atoms with van der Waals surface area (Å²) in [5.41, 5.74) is 6.96. The fourth-order valence-corrected chi connectivity index (χ4v) is 3.81. The first kappa shape index (κ1) is 26.0. The molecular weight excluding hydrogens is 424 g/mol. The van der Waals surface area contributed by atoms with Gasteiger partial charge in [0.15, 0.2) is 0 Å². The van der Waals surface area contributed by atoms with Crippen molar-refractivity contribution in [1.82, 2.24) is 4.90 Å². The molecule has 0 saturated carbocycles. The number of nitrogens with two attached hydrogens (primary N) is 1. The zero-order chi connectivity index (χ0) is 24.7. The Morgan fingerprint density at radius 1 is 1.00 bits per heavy atom. The van der Waals surface area contributed by atoms with Crippen LogP contribution in [0.1, 0.15) is 39.2 Å². The molecule has 33 heavy (non-hydrogen) atoms. The van der Waals surface area contributed by atoms with Gasteiger partial charge in [0, 0.05) is 5.92 Å². The summed E-state index contributed by atoms with van der Waals surface area (Å²) >= 11 is 0. The summed E-state index contributed by atoms with van der Waals surface area (Å²) in [6, 6.07) is 10.9. The summed E-state index contributed by atoms with van der Waals surface area (Å²) in [4.78, 5) is 50.9. The highest BCUT2D eigenvalue weighted by atomic mass is 16.5. The molecule has 8 nitrogen and oxygen atoms in total. The van der Waals surface area contributed by atoms with Crippen molar-refractivity contribution < 1.29 is 29.0 Å². The highest BCUT2D eigenvalue weighted by Gasteiger charge is 2.38. The van der Waals surface area contributed by atoms with Crippen molar-refractivity contribution in [1.29, 1.82) is 0 Å². The van der Waals surface area contributed by atoms with Gasteiger partial charge in [-0.2, -0.15) is 0 Å². The van der Waals surface area contributed by atoms with Gasteiger partial charge in [-0.05, 0) is 42.0 Å². The standard InChI is InChI=1S/C25H32N2O6/c1-15(2)11-20(14-22(28)33-4)23(29)27(16(3)25(31)32)24(30)21(26)13-17-9-10-18-7-5-6-8-19(18)12-17/h5-10,12,15-16,20-21H,11,13-14,26H2,1-4H3,(H,31,32)/t16-,20?,21-/m0/s1. The summed E-state index contributed by atoms with van der Waals surface area (Å²) in [6.07, 6.45) is 0.180. The maximum atomic E-state index is 13.3. The molecule has 2 rings (SSSR count). The van der Waals surface area contributed by atoms with Crippen LogP contribution in [0.4, 0.5) is 0 Å². The number of methoxy groups -OCH3 is 1. The second kappa shape index (κ2) is 11.6. The van der Waals surface area contributed by atoms with Crippen molar-refractivity contribution in [2.75, 3.05) is 7.11 Å². The number of carboxylic acids is 1. The molecule has 2 aromatic carbocycles. The predicted molar refractivity (Wildman–Crippen MR) is 124 cm³/mol. The van der Waals surface area contributed by atoms with Crippen molar-refractivity contribution in [3.8, 4) is 0 Å². The number of carbonyl (C=O) groups is 4. The lowest BCUT2D eigenvalue weighted by Gasteiger charge is -2.31. The van der Waals surface area contributed by atoms with E-state index in [2.05, 4.69) is 4.74 Å². The lowest BCUT2D eigenvalue weighted by atomic mass is 9.91. The molecule has 0 spiro atoms. The number of rotatable bonds is 10. The molecule has 2 amide bonds. The number of esters is 1. The first-order valence-electron chi connectivity index (χ1n) is 10.9. The Bertz CT molecular complexity index is 1020. The first-order chi connectivity index (χ1) is 15.5. The second-order valence-corrected chi connectivity index (χ2v) is 8.66. The summed E-state index contributed by atoms with van der Waals surface area (Å²) in [7, 11) is 1.21. The highest BCUT2D eigenvalue weighted by molar-refractivity contribution is 6.02. The van der Waals surface area contributed by atoms with Crippen LogP contribution >= 0.6 is 0 Å². The van der Waals surface area contributed by atoms with Crippen molar-refractivity contribution in [3.63, 3.8) is 0 Å². The molecule has 178 valence electrons. The number of benzene rings is 2. The fourth-order valence-electron chi connectivity index (χ4n) is 3.81. The van der Waals surface area contributed by atoms with Crippen LogP contribution in [0, 0.1) is 11.8 Å². The number of amides is 2. The molecule has 0 aliphatic rings. The van der Waals surface area contributed by atoms with Crippen LogP contribution in [0.3, 0.4) is 0 Å². The monoisotopic (exact) mass is 456 g/mol. The third-order valence-corrected chi connectivity index (χ3v) is 5.55. The van der Waals surface area contributed by atoms with E-state index >= 15 is 0 Å². The number of ether oxygens (including phenoxy) is 1. The Morgan fingerprint density at radius 3 is 2.21 bits per heavy atom. The van der Waals surface area contributed by atoms with Crippen LogP contribution in [-0.2, 0) is 30.3 Å². The van der Waals surface area contributed by atoms with Gasteiger partial charge in [-0.15, -0.1) is 0 Å². The van der Waals surface area contributed by atoms with Gasteiger partial charge in [0.05, 0.1) is 19.6 Å². The fraction of sp³-hybridized carbons (Fsp3) is 0.440. The Morgan fingerprint density at radius 2 is 1.64 bits per heavy atom. The molecule has 0 bridgehead atoms. The molecule has 0 fully saturated rings. The van der Waals surface area contributed by atoms with Gasteiger partial charge in [-0.1, -0.05) is 56.3 Å². The van der Waals surface area contributed by atoms with E-state index in [1.54, 1.807) is 0 Å². The van der Waals surface area contributed by atoms with E-state index in [1.807, 2.05) is 56.3 Å². The minimum absolute atomic E-state index is 0.0342. The van der Waals surface area contributed by atoms with Gasteiger partial charge in [-0.3, -0.25) is 19.3 Å². The number of hydrogen-bond acceptors (Lipinski definition) is 6. The average Bonchev–Trinajstić information content (AvgIpc) is 2.77. The molecule has 0 heterocycles. The van der Waals surface area contributed by atoms with E-state index in [-0.39, 0.29) is 18.8 Å². The van der Waals surface area contributed by atoms with Crippen molar-refractivity contribution in [3.05, 3.63) is 48.0 Å². The van der Waals surface area contributed by atoms with Gasteiger partial charge in [0.2, 0.25) is 11.8 Å². The van der Waals surface area contributed by atoms with Gasteiger partial charge >= 0.3 is 11.9 Å². The SMILES string of the molecule is COC(=O)CC(CC(C)C)C(=O)N(C(=O)[C@@H](N)Cc1ccc2ccccc2c1)[C@@H](C)C(=O)O. The van der Waals surface area contributed by atoms with E-state index in [0.717, 1.165) is 16.3 Å². The van der Waals surface area contributed by atoms with E-state index in [9.17, 15) is 24.3 Å². The molecule has 0 aliphatic carbocycles. The first-order valence-corrected chi connectivity index (χ1v) is 10.9. The Balaban J connectivity index is 2.31. The number of carboxylic acid groups (broad SMARTS) is 1. The van der Waals surface area contributed by atoms with Crippen LogP contribution in [0.2, 0.25) is 0 Å². The number of aliphatic carboxylic acids is 1. The molecule has 2 aromatic rings. The second-order valence-electron chi connectivity index (χ2n) is 8.66. The summed E-state index contributed by atoms with van der Waals surface area (Å²) in [5.74, 6) is -4.33. The summed E-state index contributed by atoms with van der Waals surface area (Å²) in [5, 5.41) is 11.6. The number of imide groups is 1. The van der Waals surface area contributed by atoms with Crippen molar-refractivity contribution >= 4 is 34.5 Å². The summed E-state index contributed by atoms with van der Waals surface area (Å²) < 4.78 is 4.69. The highest BCUT2D eigenvalue weighted by Crippen LogP contribution is 2.22. The smallest absolute Gasteiger partial charge is 0.326 e. The lowest BCUT2D eigenvalue weighted by molar-refractivity contribution is -0.161. The quantitative estimate of drug-likeness (QED) is 0.526.